The van der Waals surface area contributed by atoms with Crippen LogP contribution in [-0.4, -0.2) is 19.3 Å². The molecule has 0 aliphatic heterocycles. The molecule has 2 N–H and O–H groups in total. The molecular formula is C11H25NO. The van der Waals surface area contributed by atoms with Gasteiger partial charge in [0.1, 0.15) is 0 Å². The molecule has 0 aromatic heterocycles. The van der Waals surface area contributed by atoms with Gasteiger partial charge in [-0.1, -0.05) is 34.1 Å². The minimum Gasteiger partial charge on any atom is -0.380 e. The number of rotatable bonds is 7. The Labute approximate surface area is 82.8 Å². The van der Waals surface area contributed by atoms with Crippen LogP contribution >= 0.6 is 0 Å². The highest BCUT2D eigenvalue weighted by Crippen LogP contribution is 2.06. The zero-order valence-electron chi connectivity index (χ0n) is 9.55. The fourth-order valence-corrected chi connectivity index (χ4v) is 1.17. The quantitative estimate of drug-likeness (QED) is 0.664. The molecule has 80 valence electrons. The summed E-state index contributed by atoms with van der Waals surface area (Å²) >= 11 is 0. The van der Waals surface area contributed by atoms with Crippen molar-refractivity contribution in [1.82, 2.24) is 0 Å². The Morgan fingerprint density at radius 3 is 2.23 bits per heavy atom. The SMILES string of the molecule is CCCC(C)COCC(N)C(C)C. The van der Waals surface area contributed by atoms with Gasteiger partial charge >= 0.3 is 0 Å². The Morgan fingerprint density at radius 1 is 1.15 bits per heavy atom. The van der Waals surface area contributed by atoms with Crippen LogP contribution in [-0.2, 0) is 4.74 Å². The van der Waals surface area contributed by atoms with E-state index in [1.807, 2.05) is 0 Å². The molecule has 0 heterocycles. The van der Waals surface area contributed by atoms with E-state index in [1.54, 1.807) is 0 Å². The summed E-state index contributed by atoms with van der Waals surface area (Å²) in [6.07, 6.45) is 2.48. The van der Waals surface area contributed by atoms with E-state index in [1.165, 1.54) is 12.8 Å². The van der Waals surface area contributed by atoms with Crippen LogP contribution in [0.4, 0.5) is 0 Å². The predicted molar refractivity (Wildman–Crippen MR) is 57.7 cm³/mol. The first-order chi connectivity index (χ1) is 6.07. The highest BCUT2D eigenvalue weighted by atomic mass is 16.5. The largest absolute Gasteiger partial charge is 0.380 e. The van der Waals surface area contributed by atoms with E-state index in [9.17, 15) is 0 Å². The molecule has 0 amide bonds. The van der Waals surface area contributed by atoms with E-state index in [-0.39, 0.29) is 6.04 Å². The standard InChI is InChI=1S/C11H25NO/c1-5-6-10(4)7-13-8-11(12)9(2)3/h9-11H,5-8,12H2,1-4H3. The van der Waals surface area contributed by atoms with E-state index in [4.69, 9.17) is 10.5 Å². The van der Waals surface area contributed by atoms with Crippen molar-refractivity contribution in [2.45, 2.75) is 46.6 Å². The summed E-state index contributed by atoms with van der Waals surface area (Å²) in [5, 5.41) is 0. The van der Waals surface area contributed by atoms with Gasteiger partial charge in [0.15, 0.2) is 0 Å². The third-order valence-electron chi connectivity index (χ3n) is 2.35. The molecule has 0 aliphatic carbocycles. The summed E-state index contributed by atoms with van der Waals surface area (Å²) in [5.74, 6) is 1.19. The van der Waals surface area contributed by atoms with Gasteiger partial charge in [-0.3, -0.25) is 0 Å². The average molecular weight is 187 g/mol. The summed E-state index contributed by atoms with van der Waals surface area (Å²) in [6, 6.07) is 0.189. The molecule has 2 heteroatoms. The molecule has 0 bridgehead atoms. The molecule has 0 radical (unpaired) electrons. The highest BCUT2D eigenvalue weighted by molar-refractivity contribution is 4.63. The number of hydrogen-bond donors (Lipinski definition) is 1. The van der Waals surface area contributed by atoms with Crippen LogP contribution in [0.3, 0.4) is 0 Å². The van der Waals surface area contributed by atoms with E-state index in [2.05, 4.69) is 27.7 Å². The maximum absolute atomic E-state index is 5.85. The van der Waals surface area contributed by atoms with Gasteiger partial charge < -0.3 is 10.5 Å². The molecule has 0 fully saturated rings. The second-order valence-electron chi connectivity index (χ2n) is 4.34. The molecule has 13 heavy (non-hydrogen) atoms. The number of ether oxygens (including phenoxy) is 1. The topological polar surface area (TPSA) is 35.2 Å². The van der Waals surface area contributed by atoms with Gasteiger partial charge in [-0.05, 0) is 18.3 Å². The lowest BCUT2D eigenvalue weighted by atomic mass is 10.1. The molecule has 0 aliphatic rings. The van der Waals surface area contributed by atoms with Crippen molar-refractivity contribution in [2.75, 3.05) is 13.2 Å². The molecule has 0 aromatic rings. The molecule has 2 atom stereocenters. The monoisotopic (exact) mass is 187 g/mol. The molecular weight excluding hydrogens is 162 g/mol. The molecule has 2 nitrogen and oxygen atoms in total. The lowest BCUT2D eigenvalue weighted by Crippen LogP contribution is -2.32. The van der Waals surface area contributed by atoms with Gasteiger partial charge in [0.25, 0.3) is 0 Å². The first-order valence-electron chi connectivity index (χ1n) is 5.41. The lowest BCUT2D eigenvalue weighted by Gasteiger charge is -2.17. The van der Waals surface area contributed by atoms with Crippen LogP contribution in [0.2, 0.25) is 0 Å². The van der Waals surface area contributed by atoms with Crippen LogP contribution in [0.25, 0.3) is 0 Å². The maximum Gasteiger partial charge on any atom is 0.0620 e. The minimum absolute atomic E-state index is 0.189. The first-order valence-corrected chi connectivity index (χ1v) is 5.41. The zero-order chi connectivity index (χ0) is 10.3. The smallest absolute Gasteiger partial charge is 0.0620 e. The second kappa shape index (κ2) is 7.34. The Balaban J connectivity index is 3.33. The van der Waals surface area contributed by atoms with Crippen molar-refractivity contribution in [3.05, 3.63) is 0 Å². The zero-order valence-corrected chi connectivity index (χ0v) is 9.55. The van der Waals surface area contributed by atoms with E-state index in [0.717, 1.165) is 6.61 Å². The molecule has 0 saturated heterocycles. The highest BCUT2D eigenvalue weighted by Gasteiger charge is 2.08. The summed E-state index contributed by atoms with van der Waals surface area (Å²) in [6.45, 7) is 10.2. The molecule has 2 unspecified atom stereocenters. The van der Waals surface area contributed by atoms with Crippen molar-refractivity contribution >= 4 is 0 Å². The second-order valence-corrected chi connectivity index (χ2v) is 4.34. The Bertz CT molecular complexity index is 115. The van der Waals surface area contributed by atoms with Crippen molar-refractivity contribution in [3.63, 3.8) is 0 Å². The van der Waals surface area contributed by atoms with E-state index in [0.29, 0.717) is 18.4 Å². The molecule has 0 saturated carbocycles. The lowest BCUT2D eigenvalue weighted by molar-refractivity contribution is 0.0823. The molecule has 0 rings (SSSR count). The van der Waals surface area contributed by atoms with Crippen LogP contribution < -0.4 is 5.73 Å². The fraction of sp³-hybridized carbons (Fsp3) is 1.00. The molecule has 0 spiro atoms. The van der Waals surface area contributed by atoms with Crippen molar-refractivity contribution < 1.29 is 4.74 Å². The first kappa shape index (κ1) is 12.9. The minimum atomic E-state index is 0.189. The van der Waals surface area contributed by atoms with E-state index < -0.39 is 0 Å². The summed E-state index contributed by atoms with van der Waals surface area (Å²) < 4.78 is 5.55. The van der Waals surface area contributed by atoms with Gasteiger partial charge in [0.05, 0.1) is 6.61 Å². The normalized spacial score (nSPS) is 16.2. The van der Waals surface area contributed by atoms with Gasteiger partial charge in [0.2, 0.25) is 0 Å². The maximum atomic E-state index is 5.85. The third-order valence-corrected chi connectivity index (χ3v) is 2.35. The van der Waals surface area contributed by atoms with E-state index >= 15 is 0 Å². The van der Waals surface area contributed by atoms with Gasteiger partial charge in [0, 0.05) is 12.6 Å². The Kier molecular flexibility index (Phi) is 7.29. The van der Waals surface area contributed by atoms with Gasteiger partial charge in [-0.2, -0.15) is 0 Å². The van der Waals surface area contributed by atoms with Crippen LogP contribution in [0, 0.1) is 11.8 Å². The van der Waals surface area contributed by atoms with Crippen molar-refractivity contribution in [1.29, 1.82) is 0 Å². The van der Waals surface area contributed by atoms with Gasteiger partial charge in [-0.15, -0.1) is 0 Å². The van der Waals surface area contributed by atoms with Crippen molar-refractivity contribution in [3.8, 4) is 0 Å². The fourth-order valence-electron chi connectivity index (χ4n) is 1.17. The predicted octanol–water partition coefficient (Wildman–Crippen LogP) is 2.42. The summed E-state index contributed by atoms with van der Waals surface area (Å²) in [5.41, 5.74) is 5.85. The Morgan fingerprint density at radius 2 is 1.77 bits per heavy atom. The van der Waals surface area contributed by atoms with Gasteiger partial charge in [-0.25, -0.2) is 0 Å². The number of nitrogens with two attached hydrogens (primary N) is 1. The molecule has 0 aromatic carbocycles. The third kappa shape index (κ3) is 7.03. The summed E-state index contributed by atoms with van der Waals surface area (Å²) in [4.78, 5) is 0. The van der Waals surface area contributed by atoms with Crippen LogP contribution in [0.1, 0.15) is 40.5 Å². The van der Waals surface area contributed by atoms with Crippen LogP contribution in [0.15, 0.2) is 0 Å². The average Bonchev–Trinajstić information content (AvgIpc) is 2.04. The summed E-state index contributed by atoms with van der Waals surface area (Å²) in [7, 11) is 0. The van der Waals surface area contributed by atoms with Crippen LogP contribution in [0.5, 0.6) is 0 Å². The number of hydrogen-bond acceptors (Lipinski definition) is 2. The van der Waals surface area contributed by atoms with Crippen molar-refractivity contribution in [2.24, 2.45) is 17.6 Å². The Hall–Kier alpha value is -0.0800.